The van der Waals surface area contributed by atoms with Crippen molar-refractivity contribution in [3.8, 4) is 0 Å². The van der Waals surface area contributed by atoms with Gasteiger partial charge in [-0.3, -0.25) is 0 Å². The van der Waals surface area contributed by atoms with Crippen LogP contribution in [0.5, 0.6) is 0 Å². The van der Waals surface area contributed by atoms with Gasteiger partial charge in [-0.1, -0.05) is 39.0 Å². The molecule has 2 nitrogen and oxygen atoms in total. The summed E-state index contributed by atoms with van der Waals surface area (Å²) in [5.41, 5.74) is 0. The van der Waals surface area contributed by atoms with E-state index in [0.29, 0.717) is 6.04 Å². The van der Waals surface area contributed by atoms with E-state index >= 15 is 0 Å². The summed E-state index contributed by atoms with van der Waals surface area (Å²) in [4.78, 5) is 2.25. The zero-order chi connectivity index (χ0) is 12.4. The van der Waals surface area contributed by atoms with Crippen molar-refractivity contribution in [2.75, 3.05) is 27.3 Å². The van der Waals surface area contributed by atoms with Gasteiger partial charge in [-0.25, -0.2) is 0 Å². The van der Waals surface area contributed by atoms with Crippen molar-refractivity contribution in [1.82, 2.24) is 4.90 Å². The highest BCUT2D eigenvalue weighted by Gasteiger charge is 2.05. The summed E-state index contributed by atoms with van der Waals surface area (Å²) in [5.74, 6) is 1.04. The first-order valence-corrected chi connectivity index (χ1v) is 6.77. The maximum Gasteiger partial charge on any atom is 0.0589 e. The Bertz CT molecular complexity index is 142. The fourth-order valence-corrected chi connectivity index (χ4v) is 1.80. The average molecular weight is 229 g/mol. The predicted octanol–water partition coefficient (Wildman–Crippen LogP) is 3.56. The molecule has 1 aliphatic rings. The molecule has 0 saturated heterocycles. The monoisotopic (exact) mass is 229 g/mol. The van der Waals surface area contributed by atoms with Crippen LogP contribution in [0.2, 0.25) is 0 Å². The van der Waals surface area contributed by atoms with Crippen molar-refractivity contribution in [3.63, 3.8) is 0 Å². The van der Waals surface area contributed by atoms with Crippen LogP contribution in [0.3, 0.4) is 0 Å². The Morgan fingerprint density at radius 3 is 2.06 bits per heavy atom. The Morgan fingerprint density at radius 1 is 1.19 bits per heavy atom. The highest BCUT2D eigenvalue weighted by Crippen LogP contribution is 2.22. The first-order valence-electron chi connectivity index (χ1n) is 6.77. The Labute approximate surface area is 102 Å². The Hall–Kier alpha value is -0.0800. The van der Waals surface area contributed by atoms with Crippen LogP contribution in [-0.2, 0) is 4.74 Å². The number of ether oxygens (including phenoxy) is 1. The molecule has 1 fully saturated rings. The largest absolute Gasteiger partial charge is 0.383 e. The van der Waals surface area contributed by atoms with Gasteiger partial charge in [-0.05, 0) is 26.8 Å². The minimum atomic E-state index is 0.625. The van der Waals surface area contributed by atoms with Gasteiger partial charge in [-0.15, -0.1) is 0 Å². The molecule has 0 N–H and O–H groups in total. The lowest BCUT2D eigenvalue weighted by atomic mass is 9.91. The van der Waals surface area contributed by atoms with Gasteiger partial charge in [0, 0.05) is 19.7 Å². The number of rotatable bonds is 4. The van der Waals surface area contributed by atoms with Crippen LogP contribution in [0, 0.1) is 5.92 Å². The van der Waals surface area contributed by atoms with Gasteiger partial charge in [0.2, 0.25) is 0 Å². The highest BCUT2D eigenvalue weighted by molar-refractivity contribution is 4.59. The van der Waals surface area contributed by atoms with Crippen molar-refractivity contribution < 1.29 is 4.74 Å². The summed E-state index contributed by atoms with van der Waals surface area (Å²) >= 11 is 0. The van der Waals surface area contributed by atoms with E-state index in [1.807, 2.05) is 0 Å². The van der Waals surface area contributed by atoms with Crippen molar-refractivity contribution in [2.24, 2.45) is 5.92 Å². The average Bonchev–Trinajstić information content (AvgIpc) is 2.27. The van der Waals surface area contributed by atoms with E-state index in [2.05, 4.69) is 32.7 Å². The molecular formula is C14H31NO. The molecule has 0 aromatic heterocycles. The van der Waals surface area contributed by atoms with E-state index in [0.717, 1.165) is 19.1 Å². The summed E-state index contributed by atoms with van der Waals surface area (Å²) in [7, 11) is 3.83. The molecule has 16 heavy (non-hydrogen) atoms. The van der Waals surface area contributed by atoms with Crippen molar-refractivity contribution in [3.05, 3.63) is 0 Å². The maximum atomic E-state index is 4.92. The SMILES string of the molecule is CC1CCCCC1.COCCN(C)C(C)C. The first-order chi connectivity index (χ1) is 7.57. The fourth-order valence-electron chi connectivity index (χ4n) is 1.80. The van der Waals surface area contributed by atoms with Gasteiger partial charge in [0.25, 0.3) is 0 Å². The van der Waals surface area contributed by atoms with E-state index in [1.54, 1.807) is 7.11 Å². The molecule has 0 aliphatic heterocycles. The molecule has 0 amide bonds. The molecular weight excluding hydrogens is 198 g/mol. The zero-order valence-electron chi connectivity index (χ0n) is 12.0. The van der Waals surface area contributed by atoms with Gasteiger partial charge in [0.1, 0.15) is 0 Å². The summed E-state index contributed by atoms with van der Waals surface area (Å²) in [6.07, 6.45) is 7.44. The van der Waals surface area contributed by atoms with E-state index in [4.69, 9.17) is 4.74 Å². The summed E-state index contributed by atoms with van der Waals surface area (Å²) in [5, 5.41) is 0. The lowest BCUT2D eigenvalue weighted by molar-refractivity contribution is 0.147. The molecule has 1 aliphatic carbocycles. The normalized spacial score (nSPS) is 17.4. The lowest BCUT2D eigenvalue weighted by Crippen LogP contribution is -2.29. The van der Waals surface area contributed by atoms with Gasteiger partial charge >= 0.3 is 0 Å². The van der Waals surface area contributed by atoms with Gasteiger partial charge in [0.05, 0.1) is 6.61 Å². The second kappa shape index (κ2) is 10.1. The smallest absolute Gasteiger partial charge is 0.0589 e. The van der Waals surface area contributed by atoms with E-state index in [1.165, 1.54) is 32.1 Å². The van der Waals surface area contributed by atoms with Crippen LogP contribution < -0.4 is 0 Å². The molecule has 0 aromatic carbocycles. The molecule has 0 atom stereocenters. The first kappa shape index (κ1) is 15.9. The van der Waals surface area contributed by atoms with Gasteiger partial charge in [-0.2, -0.15) is 0 Å². The molecule has 0 radical (unpaired) electrons. The van der Waals surface area contributed by atoms with Crippen LogP contribution in [0.25, 0.3) is 0 Å². The predicted molar refractivity (Wildman–Crippen MR) is 71.9 cm³/mol. The van der Waals surface area contributed by atoms with Crippen LogP contribution in [0.4, 0.5) is 0 Å². The quantitative estimate of drug-likeness (QED) is 0.731. The lowest BCUT2D eigenvalue weighted by Gasteiger charge is -2.19. The minimum absolute atomic E-state index is 0.625. The van der Waals surface area contributed by atoms with E-state index in [-0.39, 0.29) is 0 Å². The number of hydrogen-bond acceptors (Lipinski definition) is 2. The summed E-state index contributed by atoms with van der Waals surface area (Å²) in [6.45, 7) is 8.56. The third kappa shape index (κ3) is 9.17. The van der Waals surface area contributed by atoms with Crippen LogP contribution in [0.1, 0.15) is 52.9 Å². The molecule has 0 heterocycles. The molecule has 0 bridgehead atoms. The van der Waals surface area contributed by atoms with Crippen molar-refractivity contribution in [2.45, 2.75) is 58.9 Å². The van der Waals surface area contributed by atoms with Crippen LogP contribution in [0.15, 0.2) is 0 Å². The standard InChI is InChI=1S/C7H17NO.C7H14/c1-7(2)8(3)5-6-9-4;1-7-5-3-2-4-6-7/h7H,5-6H2,1-4H3;7H,2-6H2,1H3. The Kier molecular flexibility index (Phi) is 10.0. The fraction of sp³-hybridized carbons (Fsp3) is 1.00. The molecule has 0 spiro atoms. The number of likely N-dealkylation sites (N-methyl/N-ethyl adjacent to an activating group) is 1. The molecule has 1 rings (SSSR count). The van der Waals surface area contributed by atoms with Crippen molar-refractivity contribution in [1.29, 1.82) is 0 Å². The van der Waals surface area contributed by atoms with E-state index in [9.17, 15) is 0 Å². The highest BCUT2D eigenvalue weighted by atomic mass is 16.5. The molecule has 2 heteroatoms. The molecule has 0 unspecified atom stereocenters. The Balaban J connectivity index is 0.000000288. The van der Waals surface area contributed by atoms with Crippen LogP contribution in [-0.4, -0.2) is 38.3 Å². The number of nitrogens with zero attached hydrogens (tertiary/aromatic N) is 1. The minimum Gasteiger partial charge on any atom is -0.383 e. The third-order valence-electron chi connectivity index (χ3n) is 3.42. The van der Waals surface area contributed by atoms with Gasteiger partial charge < -0.3 is 9.64 Å². The Morgan fingerprint density at radius 2 is 1.75 bits per heavy atom. The van der Waals surface area contributed by atoms with E-state index < -0.39 is 0 Å². The molecule has 98 valence electrons. The third-order valence-corrected chi connectivity index (χ3v) is 3.42. The molecule has 0 aromatic rings. The second-order valence-electron chi connectivity index (χ2n) is 5.31. The molecule has 1 saturated carbocycles. The summed E-state index contributed by atoms with van der Waals surface area (Å²) in [6, 6.07) is 0.625. The zero-order valence-corrected chi connectivity index (χ0v) is 12.0. The number of hydrogen-bond donors (Lipinski definition) is 0. The van der Waals surface area contributed by atoms with Crippen LogP contribution >= 0.6 is 0 Å². The number of methoxy groups -OCH3 is 1. The summed E-state index contributed by atoms with van der Waals surface area (Å²) < 4.78 is 4.92. The van der Waals surface area contributed by atoms with Crippen molar-refractivity contribution >= 4 is 0 Å². The second-order valence-corrected chi connectivity index (χ2v) is 5.31. The topological polar surface area (TPSA) is 12.5 Å². The van der Waals surface area contributed by atoms with Gasteiger partial charge in [0.15, 0.2) is 0 Å². The maximum absolute atomic E-state index is 4.92.